The second-order valence-corrected chi connectivity index (χ2v) is 7.17. The summed E-state index contributed by atoms with van der Waals surface area (Å²) in [6.45, 7) is 5.17. The summed E-state index contributed by atoms with van der Waals surface area (Å²) in [5.74, 6) is 0.0235. The first-order chi connectivity index (χ1) is 14.1. The van der Waals surface area contributed by atoms with Gasteiger partial charge >= 0.3 is 6.18 Å². The zero-order valence-electron chi connectivity index (χ0n) is 16.7. The van der Waals surface area contributed by atoms with Crippen molar-refractivity contribution in [3.05, 3.63) is 35.4 Å². The van der Waals surface area contributed by atoms with Crippen LogP contribution < -0.4 is 10.2 Å². The van der Waals surface area contributed by atoms with E-state index in [1.807, 2.05) is 4.90 Å². The van der Waals surface area contributed by atoms with Gasteiger partial charge in [-0.3, -0.25) is 4.79 Å². The lowest BCUT2D eigenvalue weighted by Gasteiger charge is -2.33. The Labute approximate surface area is 171 Å². The number of phenols is 1. The molecule has 1 aromatic carbocycles. The highest BCUT2D eigenvalue weighted by molar-refractivity contribution is 5.73. The molecule has 0 bridgehead atoms. The number of phenolic OH excluding ortho intramolecular Hbond substituents is 1. The van der Waals surface area contributed by atoms with Gasteiger partial charge in [-0.15, -0.1) is 10.2 Å². The van der Waals surface area contributed by atoms with E-state index in [0.717, 1.165) is 6.07 Å². The fourth-order valence-corrected chi connectivity index (χ4v) is 3.40. The molecule has 1 unspecified atom stereocenters. The topological polar surface area (TPSA) is 87.6 Å². The highest BCUT2D eigenvalue weighted by Crippen LogP contribution is 2.38. The summed E-state index contributed by atoms with van der Waals surface area (Å²) in [7, 11) is 0. The molecule has 3 rings (SSSR count). The molecule has 1 aliphatic heterocycles. The summed E-state index contributed by atoms with van der Waals surface area (Å²) in [6.07, 6.45) is -3.93. The predicted molar refractivity (Wildman–Crippen MR) is 104 cm³/mol. The summed E-state index contributed by atoms with van der Waals surface area (Å²) < 4.78 is 44.5. The van der Waals surface area contributed by atoms with Crippen LogP contribution in [0.15, 0.2) is 24.3 Å². The first kappa shape index (κ1) is 21.8. The average Bonchev–Trinajstić information content (AvgIpc) is 2.67. The summed E-state index contributed by atoms with van der Waals surface area (Å²) in [6, 6.07) is 5.01. The molecular weight excluding hydrogens is 401 g/mol. The Morgan fingerprint density at radius 2 is 2.10 bits per heavy atom. The number of morpholine rings is 1. The van der Waals surface area contributed by atoms with Crippen molar-refractivity contribution in [1.82, 2.24) is 15.5 Å². The van der Waals surface area contributed by atoms with E-state index in [1.54, 1.807) is 12.1 Å². The monoisotopic (exact) mass is 424 g/mol. The van der Waals surface area contributed by atoms with Gasteiger partial charge in [-0.2, -0.15) is 13.2 Å². The quantitative estimate of drug-likeness (QED) is 0.768. The Morgan fingerprint density at radius 3 is 2.70 bits per heavy atom. The third-order valence-corrected chi connectivity index (χ3v) is 4.85. The molecular formula is C20H23F3N4O3. The lowest BCUT2D eigenvalue weighted by atomic mass is 10.0. The highest BCUT2D eigenvalue weighted by atomic mass is 19.4. The van der Waals surface area contributed by atoms with E-state index >= 15 is 0 Å². The Kier molecular flexibility index (Phi) is 6.45. The van der Waals surface area contributed by atoms with Crippen LogP contribution in [0.3, 0.4) is 0 Å². The number of halogens is 3. The maximum atomic E-state index is 12.9. The van der Waals surface area contributed by atoms with Crippen molar-refractivity contribution in [1.29, 1.82) is 0 Å². The van der Waals surface area contributed by atoms with Crippen molar-refractivity contribution in [3.63, 3.8) is 0 Å². The van der Waals surface area contributed by atoms with E-state index < -0.39 is 17.5 Å². The van der Waals surface area contributed by atoms with Crippen LogP contribution in [0.5, 0.6) is 5.75 Å². The Bertz CT molecular complexity index is 880. The third-order valence-electron chi connectivity index (χ3n) is 4.85. The number of ether oxygens (including phenoxy) is 1. The molecule has 162 valence electrons. The number of nitrogens with zero attached hydrogens (tertiary/aromatic N) is 3. The second-order valence-electron chi connectivity index (χ2n) is 7.17. The van der Waals surface area contributed by atoms with Gasteiger partial charge in [-0.25, -0.2) is 0 Å². The van der Waals surface area contributed by atoms with Crippen LogP contribution in [0.25, 0.3) is 11.3 Å². The molecule has 10 heteroatoms. The van der Waals surface area contributed by atoms with Crippen LogP contribution in [-0.2, 0) is 15.7 Å². The Morgan fingerprint density at radius 1 is 1.33 bits per heavy atom. The van der Waals surface area contributed by atoms with Gasteiger partial charge in [0.05, 0.1) is 24.0 Å². The van der Waals surface area contributed by atoms with Crippen LogP contribution in [0.1, 0.15) is 24.5 Å². The van der Waals surface area contributed by atoms with Gasteiger partial charge in [0.1, 0.15) is 5.75 Å². The van der Waals surface area contributed by atoms with Crippen molar-refractivity contribution in [3.8, 4) is 17.0 Å². The minimum absolute atomic E-state index is 0.0618. The largest absolute Gasteiger partial charge is 0.507 e. The number of carbonyl (C=O) groups is 1. The van der Waals surface area contributed by atoms with E-state index in [2.05, 4.69) is 15.5 Å². The molecule has 30 heavy (non-hydrogen) atoms. The number of hydrogen-bond acceptors (Lipinski definition) is 6. The van der Waals surface area contributed by atoms with Crippen LogP contribution in [0.2, 0.25) is 0 Å². The zero-order valence-corrected chi connectivity index (χ0v) is 16.7. The number of amides is 1. The smallest absolute Gasteiger partial charge is 0.416 e. The van der Waals surface area contributed by atoms with E-state index in [4.69, 9.17) is 4.74 Å². The number of nitrogens with one attached hydrogen (secondary N) is 1. The van der Waals surface area contributed by atoms with Crippen molar-refractivity contribution in [2.45, 2.75) is 32.5 Å². The van der Waals surface area contributed by atoms with Crippen LogP contribution in [0, 0.1) is 6.92 Å². The van der Waals surface area contributed by atoms with E-state index in [0.29, 0.717) is 44.5 Å². The minimum atomic E-state index is -4.54. The first-order valence-corrected chi connectivity index (χ1v) is 9.51. The summed E-state index contributed by atoms with van der Waals surface area (Å²) in [5, 5.41) is 21.2. The molecule has 0 saturated carbocycles. The van der Waals surface area contributed by atoms with Crippen LogP contribution in [-0.4, -0.2) is 53.6 Å². The number of alkyl halides is 3. The fraction of sp³-hybridized carbons (Fsp3) is 0.450. The molecule has 2 N–H and O–H groups in total. The maximum Gasteiger partial charge on any atom is 0.416 e. The lowest BCUT2D eigenvalue weighted by molar-refractivity contribution is -0.137. The molecule has 0 spiro atoms. The number of hydrogen-bond donors (Lipinski definition) is 2. The maximum absolute atomic E-state index is 12.9. The SMILES string of the molecule is CC(=O)NCCC1CN(c2ccc(-c3c(C)cc(C(F)(F)F)cc3O)nn2)CCO1. The number of carbonyl (C=O) groups excluding carboxylic acids is 1. The Balaban J connectivity index is 1.73. The molecule has 0 aliphatic carbocycles. The van der Waals surface area contributed by atoms with Gasteiger partial charge in [0.2, 0.25) is 5.91 Å². The molecule has 1 amide bonds. The molecule has 1 aliphatic rings. The summed E-state index contributed by atoms with van der Waals surface area (Å²) >= 11 is 0. The Hall–Kier alpha value is -2.88. The van der Waals surface area contributed by atoms with Gasteiger partial charge < -0.3 is 20.1 Å². The molecule has 2 aromatic rings. The van der Waals surface area contributed by atoms with Crippen molar-refractivity contribution >= 4 is 11.7 Å². The molecule has 7 nitrogen and oxygen atoms in total. The number of aromatic nitrogens is 2. The van der Waals surface area contributed by atoms with Gasteiger partial charge in [0.25, 0.3) is 0 Å². The number of aromatic hydroxyl groups is 1. The van der Waals surface area contributed by atoms with Gasteiger partial charge in [0.15, 0.2) is 5.82 Å². The number of anilines is 1. The third kappa shape index (κ3) is 5.18. The van der Waals surface area contributed by atoms with Crippen LogP contribution in [0.4, 0.5) is 19.0 Å². The molecule has 1 atom stereocenters. The fourth-order valence-electron chi connectivity index (χ4n) is 3.40. The molecule has 0 radical (unpaired) electrons. The van der Waals surface area contributed by atoms with Crippen molar-refractivity contribution in [2.75, 3.05) is 31.1 Å². The zero-order chi connectivity index (χ0) is 21.9. The normalized spacial score (nSPS) is 17.1. The number of benzene rings is 1. The second kappa shape index (κ2) is 8.86. The molecule has 1 aromatic heterocycles. The summed E-state index contributed by atoms with van der Waals surface area (Å²) in [5.41, 5.74) is -0.145. The van der Waals surface area contributed by atoms with E-state index in [-0.39, 0.29) is 28.8 Å². The van der Waals surface area contributed by atoms with Crippen molar-refractivity contribution in [2.24, 2.45) is 0 Å². The van der Waals surface area contributed by atoms with Gasteiger partial charge in [0, 0.05) is 32.1 Å². The first-order valence-electron chi connectivity index (χ1n) is 9.51. The van der Waals surface area contributed by atoms with Gasteiger partial charge in [-0.05, 0) is 43.2 Å². The van der Waals surface area contributed by atoms with Crippen LogP contribution >= 0.6 is 0 Å². The number of rotatable bonds is 5. The summed E-state index contributed by atoms with van der Waals surface area (Å²) in [4.78, 5) is 13.0. The molecule has 1 fully saturated rings. The average molecular weight is 424 g/mol. The standard InChI is InChI=1S/C20H23F3N4O3/c1-12-9-14(20(21,22)23)10-17(29)19(12)16-3-4-18(26-25-16)27-7-8-30-15(11-27)5-6-24-13(2)28/h3-4,9-10,15,29H,5-8,11H2,1-2H3,(H,24,28). The van der Waals surface area contributed by atoms with Gasteiger partial charge in [-0.1, -0.05) is 0 Å². The van der Waals surface area contributed by atoms with E-state index in [9.17, 15) is 23.1 Å². The predicted octanol–water partition coefficient (Wildman–Crippen LogP) is 2.91. The van der Waals surface area contributed by atoms with E-state index in [1.165, 1.54) is 13.8 Å². The highest BCUT2D eigenvalue weighted by Gasteiger charge is 2.32. The lowest BCUT2D eigenvalue weighted by Crippen LogP contribution is -2.44. The molecule has 1 saturated heterocycles. The molecule has 2 heterocycles. The minimum Gasteiger partial charge on any atom is -0.507 e. The van der Waals surface area contributed by atoms with Crippen molar-refractivity contribution < 1.29 is 27.8 Å². The number of aryl methyl sites for hydroxylation is 1.